The number of nitrogens with one attached hydrogen (secondary N) is 2. The lowest BCUT2D eigenvalue weighted by Gasteiger charge is -2.14. The number of carbonyl (C=O) groups is 1. The zero-order chi connectivity index (χ0) is 24.0. The van der Waals surface area contributed by atoms with Crippen molar-refractivity contribution in [1.82, 2.24) is 5.32 Å². The molecule has 0 unspecified atom stereocenters. The van der Waals surface area contributed by atoms with Crippen molar-refractivity contribution < 1.29 is 23.7 Å². The molecule has 34 heavy (non-hydrogen) atoms. The van der Waals surface area contributed by atoms with E-state index in [4.69, 9.17) is 31.2 Å². The second kappa shape index (κ2) is 13.8. The van der Waals surface area contributed by atoms with Gasteiger partial charge in [0.25, 0.3) is 5.91 Å². The van der Waals surface area contributed by atoms with Gasteiger partial charge in [0.05, 0.1) is 12.2 Å². The van der Waals surface area contributed by atoms with Crippen molar-refractivity contribution in [2.45, 2.75) is 6.92 Å². The highest BCUT2D eigenvalue weighted by molar-refractivity contribution is 7.80. The molecule has 0 bridgehead atoms. The van der Waals surface area contributed by atoms with Gasteiger partial charge in [-0.25, -0.2) is 0 Å². The SMILES string of the molecule is CCOCCOc1ccccc1C(=O)NC(=S)Nc1cccc(OCCOc2ccccc2)c1. The van der Waals surface area contributed by atoms with Gasteiger partial charge in [-0.2, -0.15) is 0 Å². The minimum Gasteiger partial charge on any atom is -0.490 e. The van der Waals surface area contributed by atoms with Crippen LogP contribution in [0.4, 0.5) is 5.69 Å². The van der Waals surface area contributed by atoms with E-state index in [1.165, 1.54) is 0 Å². The van der Waals surface area contributed by atoms with Crippen molar-refractivity contribution in [1.29, 1.82) is 0 Å². The Labute approximate surface area is 205 Å². The highest BCUT2D eigenvalue weighted by Crippen LogP contribution is 2.19. The number of anilines is 1. The van der Waals surface area contributed by atoms with Gasteiger partial charge in [0, 0.05) is 18.4 Å². The van der Waals surface area contributed by atoms with Crippen molar-refractivity contribution in [2.75, 3.05) is 38.4 Å². The van der Waals surface area contributed by atoms with Crippen molar-refractivity contribution in [3.63, 3.8) is 0 Å². The standard InChI is InChI=1S/C26H28N2O5S/c1-2-30-15-16-33-24-14-7-6-13-23(24)25(29)28-26(34)27-20-9-8-12-22(19-20)32-18-17-31-21-10-4-3-5-11-21/h3-14,19H,2,15-18H2,1H3,(H2,27,28,29,34). The van der Waals surface area contributed by atoms with Crippen LogP contribution in [0, 0.1) is 0 Å². The van der Waals surface area contributed by atoms with Crippen LogP contribution in [0.5, 0.6) is 17.2 Å². The van der Waals surface area contributed by atoms with E-state index in [9.17, 15) is 4.79 Å². The average Bonchev–Trinajstić information content (AvgIpc) is 2.85. The van der Waals surface area contributed by atoms with Gasteiger partial charge in [-0.1, -0.05) is 36.4 Å². The molecule has 2 N–H and O–H groups in total. The van der Waals surface area contributed by atoms with Gasteiger partial charge in [-0.3, -0.25) is 10.1 Å². The maximum Gasteiger partial charge on any atom is 0.261 e. The first-order valence-electron chi connectivity index (χ1n) is 11.0. The summed E-state index contributed by atoms with van der Waals surface area (Å²) < 4.78 is 22.3. The summed E-state index contributed by atoms with van der Waals surface area (Å²) in [5.74, 6) is 1.55. The smallest absolute Gasteiger partial charge is 0.261 e. The lowest BCUT2D eigenvalue weighted by Crippen LogP contribution is -2.34. The van der Waals surface area contributed by atoms with E-state index in [1.807, 2.05) is 55.5 Å². The van der Waals surface area contributed by atoms with Gasteiger partial charge in [-0.05, 0) is 55.5 Å². The number of hydrogen-bond acceptors (Lipinski definition) is 6. The molecule has 0 fully saturated rings. The number of thiocarbonyl (C=S) groups is 1. The van der Waals surface area contributed by atoms with Crippen LogP contribution < -0.4 is 24.8 Å². The fraction of sp³-hybridized carbons (Fsp3) is 0.231. The lowest BCUT2D eigenvalue weighted by atomic mass is 10.2. The van der Waals surface area contributed by atoms with Crippen LogP contribution in [0.15, 0.2) is 78.9 Å². The molecular weight excluding hydrogens is 452 g/mol. The molecule has 0 atom stereocenters. The maximum atomic E-state index is 12.7. The monoisotopic (exact) mass is 480 g/mol. The zero-order valence-corrected chi connectivity index (χ0v) is 19.8. The topological polar surface area (TPSA) is 78.1 Å². The Hall–Kier alpha value is -3.62. The molecule has 3 aromatic rings. The summed E-state index contributed by atoms with van der Waals surface area (Å²) in [6.45, 7) is 4.13. The van der Waals surface area contributed by atoms with Crippen LogP contribution in [-0.2, 0) is 4.74 Å². The van der Waals surface area contributed by atoms with E-state index in [1.54, 1.807) is 30.3 Å². The third-order valence-electron chi connectivity index (χ3n) is 4.50. The summed E-state index contributed by atoms with van der Waals surface area (Å²) in [5.41, 5.74) is 1.08. The molecule has 178 valence electrons. The largest absolute Gasteiger partial charge is 0.490 e. The maximum absolute atomic E-state index is 12.7. The Balaban J connectivity index is 1.48. The highest BCUT2D eigenvalue weighted by Gasteiger charge is 2.14. The molecule has 0 aromatic heterocycles. The number of ether oxygens (including phenoxy) is 4. The predicted octanol–water partition coefficient (Wildman–Crippen LogP) is 4.69. The van der Waals surface area contributed by atoms with Gasteiger partial charge < -0.3 is 24.3 Å². The number of para-hydroxylation sites is 2. The molecule has 0 saturated heterocycles. The molecule has 0 spiro atoms. The fourth-order valence-electron chi connectivity index (χ4n) is 2.97. The average molecular weight is 481 g/mol. The number of benzene rings is 3. The van der Waals surface area contributed by atoms with E-state index >= 15 is 0 Å². The summed E-state index contributed by atoms with van der Waals surface area (Å²) in [6.07, 6.45) is 0. The molecule has 7 nitrogen and oxygen atoms in total. The van der Waals surface area contributed by atoms with E-state index in [-0.39, 0.29) is 11.0 Å². The lowest BCUT2D eigenvalue weighted by molar-refractivity contribution is 0.0958. The number of amides is 1. The molecule has 0 radical (unpaired) electrons. The van der Waals surface area contributed by atoms with E-state index in [2.05, 4.69) is 10.6 Å². The van der Waals surface area contributed by atoms with Crippen LogP contribution in [0.3, 0.4) is 0 Å². The number of rotatable bonds is 12. The van der Waals surface area contributed by atoms with Crippen LogP contribution in [0.2, 0.25) is 0 Å². The van der Waals surface area contributed by atoms with Crippen LogP contribution in [-0.4, -0.2) is 44.1 Å². The highest BCUT2D eigenvalue weighted by atomic mass is 32.1. The molecule has 0 heterocycles. The molecule has 8 heteroatoms. The Kier molecular flexibility index (Phi) is 10.2. The fourth-order valence-corrected chi connectivity index (χ4v) is 3.18. The Morgan fingerprint density at radius 1 is 0.794 bits per heavy atom. The predicted molar refractivity (Wildman–Crippen MR) is 136 cm³/mol. The van der Waals surface area contributed by atoms with E-state index < -0.39 is 0 Å². The van der Waals surface area contributed by atoms with Crippen molar-refractivity contribution in [3.05, 3.63) is 84.4 Å². The van der Waals surface area contributed by atoms with Gasteiger partial charge >= 0.3 is 0 Å². The normalized spacial score (nSPS) is 10.3. The molecule has 0 aliphatic carbocycles. The minimum absolute atomic E-state index is 0.165. The van der Waals surface area contributed by atoms with Gasteiger partial charge in [0.1, 0.15) is 37.1 Å². The second-order valence-corrected chi connectivity index (χ2v) is 7.40. The molecule has 3 aromatic carbocycles. The first kappa shape index (κ1) is 25.0. The van der Waals surface area contributed by atoms with Crippen LogP contribution in [0.25, 0.3) is 0 Å². The molecule has 0 saturated carbocycles. The van der Waals surface area contributed by atoms with Crippen molar-refractivity contribution in [2.24, 2.45) is 0 Å². The number of carbonyl (C=O) groups excluding carboxylic acids is 1. The van der Waals surface area contributed by atoms with Gasteiger partial charge in [-0.15, -0.1) is 0 Å². The Morgan fingerprint density at radius 2 is 1.47 bits per heavy atom. The first-order chi connectivity index (χ1) is 16.7. The van der Waals surface area contributed by atoms with E-state index in [0.717, 1.165) is 5.75 Å². The second-order valence-electron chi connectivity index (χ2n) is 6.99. The minimum atomic E-state index is -0.366. The third-order valence-corrected chi connectivity index (χ3v) is 4.71. The van der Waals surface area contributed by atoms with Crippen LogP contribution >= 0.6 is 12.2 Å². The summed E-state index contributed by atoms with van der Waals surface area (Å²) in [5, 5.41) is 5.86. The summed E-state index contributed by atoms with van der Waals surface area (Å²) in [6, 6.07) is 23.8. The van der Waals surface area contributed by atoms with Gasteiger partial charge in [0.2, 0.25) is 0 Å². The Morgan fingerprint density at radius 3 is 2.26 bits per heavy atom. The molecule has 0 aliphatic heterocycles. The van der Waals surface area contributed by atoms with Crippen LogP contribution in [0.1, 0.15) is 17.3 Å². The summed E-state index contributed by atoms with van der Waals surface area (Å²) in [7, 11) is 0. The van der Waals surface area contributed by atoms with E-state index in [0.29, 0.717) is 55.8 Å². The molecule has 0 aliphatic rings. The molecule has 1 amide bonds. The Bertz CT molecular complexity index is 1060. The first-order valence-corrected chi connectivity index (χ1v) is 11.4. The summed E-state index contributed by atoms with van der Waals surface area (Å²) >= 11 is 5.32. The van der Waals surface area contributed by atoms with Crippen molar-refractivity contribution >= 4 is 28.9 Å². The molecular formula is C26H28N2O5S. The molecule has 3 rings (SSSR count). The number of hydrogen-bond donors (Lipinski definition) is 2. The zero-order valence-electron chi connectivity index (χ0n) is 19.0. The quantitative estimate of drug-likeness (QED) is 0.288. The van der Waals surface area contributed by atoms with Crippen molar-refractivity contribution in [3.8, 4) is 17.2 Å². The third kappa shape index (κ3) is 8.38. The summed E-state index contributed by atoms with van der Waals surface area (Å²) in [4.78, 5) is 12.7. The van der Waals surface area contributed by atoms with Gasteiger partial charge in [0.15, 0.2) is 5.11 Å².